The molecule has 2 aromatic heterocycles. The molecule has 0 saturated heterocycles. The Morgan fingerprint density at radius 1 is 1.23 bits per heavy atom. The molecule has 2 N–H and O–H groups in total. The number of aromatic nitrogens is 2. The number of rotatable bonds is 2. The Morgan fingerprint density at radius 3 is 2.65 bits per heavy atom. The standard InChI is InChI=1S/C20H18FN3O2/c1-20(2)16-15(11-4-6-12(21)7-5-11)18(19(25)22-3)24-17(16)13-8-9-23-10-14(13)26-20/h4-10,24H,1-3H3,(H,22,25). The second kappa shape index (κ2) is 5.69. The number of nitrogens with zero attached hydrogens (tertiary/aromatic N) is 1. The van der Waals surface area contributed by atoms with E-state index in [1.165, 1.54) is 12.1 Å². The van der Waals surface area contributed by atoms with Crippen LogP contribution in [-0.4, -0.2) is 22.9 Å². The summed E-state index contributed by atoms with van der Waals surface area (Å²) in [6, 6.07) is 7.96. The average molecular weight is 351 g/mol. The van der Waals surface area contributed by atoms with Gasteiger partial charge < -0.3 is 15.0 Å². The molecule has 0 unspecified atom stereocenters. The van der Waals surface area contributed by atoms with Gasteiger partial charge in [0.25, 0.3) is 5.91 Å². The number of carbonyl (C=O) groups excluding carboxylic acids is 1. The van der Waals surface area contributed by atoms with E-state index in [1.807, 2.05) is 19.9 Å². The number of pyridine rings is 1. The number of hydrogen-bond acceptors (Lipinski definition) is 3. The van der Waals surface area contributed by atoms with Crippen LogP contribution in [0.3, 0.4) is 0 Å². The van der Waals surface area contributed by atoms with Gasteiger partial charge >= 0.3 is 0 Å². The molecule has 0 aliphatic carbocycles. The van der Waals surface area contributed by atoms with E-state index in [-0.39, 0.29) is 11.7 Å². The first kappa shape index (κ1) is 16.3. The van der Waals surface area contributed by atoms with Crippen molar-refractivity contribution in [3.8, 4) is 28.1 Å². The molecule has 1 aliphatic heterocycles. The van der Waals surface area contributed by atoms with E-state index >= 15 is 0 Å². The first-order valence-corrected chi connectivity index (χ1v) is 8.30. The van der Waals surface area contributed by atoms with Gasteiger partial charge in [0, 0.05) is 29.9 Å². The highest BCUT2D eigenvalue weighted by atomic mass is 19.1. The normalized spacial score (nSPS) is 14.2. The van der Waals surface area contributed by atoms with Gasteiger partial charge in [0.2, 0.25) is 0 Å². The number of hydrogen-bond donors (Lipinski definition) is 2. The second-order valence-corrected chi connectivity index (χ2v) is 6.70. The summed E-state index contributed by atoms with van der Waals surface area (Å²) in [5.74, 6) is 0.0806. The number of halogens is 1. The van der Waals surface area contributed by atoms with Crippen molar-refractivity contribution in [1.29, 1.82) is 0 Å². The molecular formula is C20H18FN3O2. The summed E-state index contributed by atoms with van der Waals surface area (Å²) in [5, 5.41) is 2.67. The molecule has 4 rings (SSSR count). The molecule has 1 aliphatic rings. The van der Waals surface area contributed by atoms with Gasteiger partial charge in [-0.1, -0.05) is 12.1 Å². The Hall–Kier alpha value is -3.15. The van der Waals surface area contributed by atoms with Crippen LogP contribution in [0.5, 0.6) is 5.75 Å². The van der Waals surface area contributed by atoms with Crippen LogP contribution in [-0.2, 0) is 5.60 Å². The van der Waals surface area contributed by atoms with Gasteiger partial charge in [-0.25, -0.2) is 4.39 Å². The van der Waals surface area contributed by atoms with E-state index in [1.54, 1.807) is 31.6 Å². The van der Waals surface area contributed by atoms with Gasteiger partial charge in [-0.3, -0.25) is 9.78 Å². The van der Waals surface area contributed by atoms with E-state index in [0.717, 1.165) is 22.4 Å². The Kier molecular flexibility index (Phi) is 3.57. The number of fused-ring (bicyclic) bond motifs is 3. The predicted octanol–water partition coefficient (Wildman–Crippen LogP) is 3.87. The van der Waals surface area contributed by atoms with E-state index in [0.29, 0.717) is 17.0 Å². The van der Waals surface area contributed by atoms with E-state index < -0.39 is 5.60 Å². The second-order valence-electron chi connectivity index (χ2n) is 6.70. The molecule has 26 heavy (non-hydrogen) atoms. The van der Waals surface area contributed by atoms with E-state index in [2.05, 4.69) is 15.3 Å². The summed E-state index contributed by atoms with van der Waals surface area (Å²) in [6.45, 7) is 3.88. The van der Waals surface area contributed by atoms with Crippen LogP contribution in [0.2, 0.25) is 0 Å². The largest absolute Gasteiger partial charge is 0.481 e. The predicted molar refractivity (Wildman–Crippen MR) is 96.5 cm³/mol. The highest BCUT2D eigenvalue weighted by molar-refractivity contribution is 6.03. The fourth-order valence-corrected chi connectivity index (χ4v) is 3.50. The number of H-pyrrole nitrogens is 1. The highest BCUT2D eigenvalue weighted by Gasteiger charge is 2.39. The maximum absolute atomic E-state index is 13.4. The van der Waals surface area contributed by atoms with Crippen molar-refractivity contribution in [1.82, 2.24) is 15.3 Å². The van der Waals surface area contributed by atoms with Crippen LogP contribution in [0.15, 0.2) is 42.7 Å². The molecule has 3 aromatic rings. The van der Waals surface area contributed by atoms with E-state index in [9.17, 15) is 9.18 Å². The molecule has 0 atom stereocenters. The van der Waals surface area contributed by atoms with Crippen molar-refractivity contribution in [3.63, 3.8) is 0 Å². The third-order valence-electron chi connectivity index (χ3n) is 4.61. The fraction of sp³-hybridized carbons (Fsp3) is 0.200. The summed E-state index contributed by atoms with van der Waals surface area (Å²) >= 11 is 0. The summed E-state index contributed by atoms with van der Waals surface area (Å²) in [5.41, 5.74) is 3.71. The number of benzene rings is 1. The highest BCUT2D eigenvalue weighted by Crippen LogP contribution is 2.49. The van der Waals surface area contributed by atoms with Crippen LogP contribution >= 0.6 is 0 Å². The van der Waals surface area contributed by atoms with Crippen molar-refractivity contribution < 1.29 is 13.9 Å². The summed E-state index contributed by atoms with van der Waals surface area (Å²) in [7, 11) is 1.58. The number of amides is 1. The Labute approximate surface area is 150 Å². The topological polar surface area (TPSA) is 67.0 Å². The molecule has 0 saturated carbocycles. The minimum atomic E-state index is -0.697. The zero-order chi connectivity index (χ0) is 18.5. The number of ether oxygens (including phenoxy) is 1. The van der Waals surface area contributed by atoms with Gasteiger partial charge in [-0.15, -0.1) is 0 Å². The zero-order valence-electron chi connectivity index (χ0n) is 14.7. The Balaban J connectivity index is 2.07. The zero-order valence-corrected chi connectivity index (χ0v) is 14.7. The monoisotopic (exact) mass is 351 g/mol. The van der Waals surface area contributed by atoms with Crippen LogP contribution in [0.25, 0.3) is 22.4 Å². The average Bonchev–Trinajstić information content (AvgIpc) is 3.03. The molecule has 1 amide bonds. The third-order valence-corrected chi connectivity index (χ3v) is 4.61. The molecular weight excluding hydrogens is 333 g/mol. The quantitative estimate of drug-likeness (QED) is 0.736. The van der Waals surface area contributed by atoms with Crippen LogP contribution < -0.4 is 10.1 Å². The molecule has 0 spiro atoms. The maximum Gasteiger partial charge on any atom is 0.268 e. The van der Waals surface area contributed by atoms with Crippen molar-refractivity contribution in [2.75, 3.05) is 7.05 Å². The smallest absolute Gasteiger partial charge is 0.268 e. The lowest BCUT2D eigenvalue weighted by molar-refractivity contribution is 0.0959. The van der Waals surface area contributed by atoms with Gasteiger partial charge in [-0.2, -0.15) is 0 Å². The number of carbonyl (C=O) groups is 1. The van der Waals surface area contributed by atoms with Crippen molar-refractivity contribution in [2.45, 2.75) is 19.4 Å². The van der Waals surface area contributed by atoms with Crippen molar-refractivity contribution in [3.05, 3.63) is 59.8 Å². The molecule has 132 valence electrons. The first-order chi connectivity index (χ1) is 12.4. The van der Waals surface area contributed by atoms with Crippen LogP contribution in [0.4, 0.5) is 4.39 Å². The van der Waals surface area contributed by atoms with Gasteiger partial charge in [0.05, 0.1) is 11.9 Å². The lowest BCUT2D eigenvalue weighted by Gasteiger charge is -2.33. The van der Waals surface area contributed by atoms with Gasteiger partial charge in [-0.05, 0) is 37.6 Å². The molecule has 6 heteroatoms. The summed E-state index contributed by atoms with van der Waals surface area (Å²) < 4.78 is 19.6. The van der Waals surface area contributed by atoms with Crippen molar-refractivity contribution >= 4 is 5.91 Å². The van der Waals surface area contributed by atoms with Gasteiger partial charge in [0.1, 0.15) is 22.9 Å². The number of nitrogens with one attached hydrogen (secondary N) is 2. The molecule has 0 fully saturated rings. The fourth-order valence-electron chi connectivity index (χ4n) is 3.50. The maximum atomic E-state index is 13.4. The third kappa shape index (κ3) is 2.37. The SMILES string of the molecule is CNC(=O)c1[nH]c2c(c1-c1ccc(F)cc1)C(C)(C)Oc1cnccc1-2. The van der Waals surface area contributed by atoms with Crippen LogP contribution in [0, 0.1) is 5.82 Å². The first-order valence-electron chi connectivity index (χ1n) is 8.30. The van der Waals surface area contributed by atoms with E-state index in [4.69, 9.17) is 4.74 Å². The molecule has 5 nitrogen and oxygen atoms in total. The molecule has 3 heterocycles. The minimum absolute atomic E-state index is 0.245. The Bertz CT molecular complexity index is 1010. The molecule has 0 bridgehead atoms. The molecule has 0 radical (unpaired) electrons. The van der Waals surface area contributed by atoms with Crippen molar-refractivity contribution in [2.24, 2.45) is 0 Å². The Morgan fingerprint density at radius 2 is 1.96 bits per heavy atom. The molecule has 1 aromatic carbocycles. The number of aromatic amines is 1. The van der Waals surface area contributed by atoms with Gasteiger partial charge in [0.15, 0.2) is 0 Å². The summed E-state index contributed by atoms with van der Waals surface area (Å²) in [4.78, 5) is 19.9. The lowest BCUT2D eigenvalue weighted by Crippen LogP contribution is -2.29. The minimum Gasteiger partial charge on any atom is -0.481 e. The van der Waals surface area contributed by atoms with Crippen LogP contribution in [0.1, 0.15) is 29.9 Å². The lowest BCUT2D eigenvalue weighted by atomic mass is 9.86. The summed E-state index contributed by atoms with van der Waals surface area (Å²) in [6.07, 6.45) is 3.35.